The molecule has 1 aromatic heterocycles. The molecule has 0 spiro atoms. The predicted molar refractivity (Wildman–Crippen MR) is 116 cm³/mol. The molecule has 0 saturated heterocycles. The van der Waals surface area contributed by atoms with Gasteiger partial charge < -0.3 is 9.30 Å². The summed E-state index contributed by atoms with van der Waals surface area (Å²) in [5, 5.41) is 0.744. The average Bonchev–Trinajstić information content (AvgIpc) is 3.08. The van der Waals surface area contributed by atoms with E-state index in [0.717, 1.165) is 66.2 Å². The summed E-state index contributed by atoms with van der Waals surface area (Å²) in [6.07, 6.45) is 9.48. The van der Waals surface area contributed by atoms with Crippen LogP contribution in [0.1, 0.15) is 70.0 Å². The summed E-state index contributed by atoms with van der Waals surface area (Å²) in [7, 11) is 0. The van der Waals surface area contributed by atoms with Crippen LogP contribution in [0.4, 0.5) is 0 Å². The maximum absolute atomic E-state index is 12.1. The molecule has 0 amide bonds. The molecule has 5 heteroatoms. The molecule has 0 N–H and O–H groups in total. The van der Waals surface area contributed by atoms with Crippen LogP contribution in [-0.2, 0) is 22.5 Å². The van der Waals surface area contributed by atoms with E-state index in [-0.39, 0.29) is 5.97 Å². The number of carbonyl (C=O) groups excluding carboxylic acids is 1. The molecule has 2 rings (SSSR count). The Bertz CT molecular complexity index is 796. The minimum absolute atomic E-state index is 0.297. The number of allylic oxidation sites excluding steroid dienone is 1. The van der Waals surface area contributed by atoms with Crippen LogP contribution in [-0.4, -0.2) is 22.1 Å². The lowest BCUT2D eigenvalue weighted by Crippen LogP contribution is -2.10. The second kappa shape index (κ2) is 11.7. The number of benzene rings is 1. The summed E-state index contributed by atoms with van der Waals surface area (Å²) < 4.78 is 7.36. The summed E-state index contributed by atoms with van der Waals surface area (Å²) in [5.41, 5.74) is 3.00. The molecule has 28 heavy (non-hydrogen) atoms. The molecule has 0 atom stereocenters. The van der Waals surface area contributed by atoms with Crippen molar-refractivity contribution in [3.05, 3.63) is 58.6 Å². The molecule has 0 radical (unpaired) electrons. The highest BCUT2D eigenvalue weighted by molar-refractivity contribution is 6.31. The van der Waals surface area contributed by atoms with Gasteiger partial charge in [-0.2, -0.15) is 0 Å². The first-order valence-corrected chi connectivity index (χ1v) is 10.6. The predicted octanol–water partition coefficient (Wildman–Crippen LogP) is 6.06. The molecule has 4 nitrogen and oxygen atoms in total. The number of hydrogen-bond acceptors (Lipinski definition) is 3. The molecule has 1 aromatic carbocycles. The molecule has 0 saturated carbocycles. The number of esters is 1. The van der Waals surface area contributed by atoms with E-state index >= 15 is 0 Å². The quantitative estimate of drug-likeness (QED) is 0.338. The van der Waals surface area contributed by atoms with Gasteiger partial charge in [0.05, 0.1) is 25.0 Å². The van der Waals surface area contributed by atoms with Gasteiger partial charge in [0.2, 0.25) is 0 Å². The van der Waals surface area contributed by atoms with Gasteiger partial charge in [0.25, 0.3) is 0 Å². The normalized spacial score (nSPS) is 11.6. The molecule has 0 fully saturated rings. The van der Waals surface area contributed by atoms with E-state index < -0.39 is 0 Å². The van der Waals surface area contributed by atoms with Gasteiger partial charge in [-0.1, -0.05) is 56.5 Å². The number of hydrogen-bond donors (Lipinski definition) is 0. The Morgan fingerprint density at radius 1 is 1.18 bits per heavy atom. The van der Waals surface area contributed by atoms with Crippen molar-refractivity contribution < 1.29 is 9.53 Å². The average molecular weight is 403 g/mol. The van der Waals surface area contributed by atoms with Crippen LogP contribution < -0.4 is 0 Å². The van der Waals surface area contributed by atoms with Gasteiger partial charge in [-0.25, -0.2) is 9.78 Å². The van der Waals surface area contributed by atoms with Gasteiger partial charge >= 0.3 is 5.97 Å². The Hall–Kier alpha value is -2.07. The fourth-order valence-corrected chi connectivity index (χ4v) is 3.34. The largest absolute Gasteiger partial charge is 0.463 e. The second-order valence-corrected chi connectivity index (χ2v) is 7.27. The van der Waals surface area contributed by atoms with Crippen molar-refractivity contribution in [3.63, 3.8) is 0 Å². The number of rotatable bonds is 11. The maximum atomic E-state index is 12.1. The van der Waals surface area contributed by atoms with Gasteiger partial charge in [-0.15, -0.1) is 0 Å². The fourth-order valence-electron chi connectivity index (χ4n) is 3.15. The molecule has 1 heterocycles. The van der Waals surface area contributed by atoms with Crippen LogP contribution in [0.3, 0.4) is 0 Å². The summed E-state index contributed by atoms with van der Waals surface area (Å²) in [6.45, 7) is 7.16. The molecular formula is C23H31ClN2O2. The Morgan fingerprint density at radius 3 is 2.61 bits per heavy atom. The van der Waals surface area contributed by atoms with Crippen molar-refractivity contribution >= 4 is 23.1 Å². The van der Waals surface area contributed by atoms with Crippen LogP contribution >= 0.6 is 11.6 Å². The molecule has 0 aliphatic heterocycles. The van der Waals surface area contributed by atoms with Gasteiger partial charge in [-0.05, 0) is 43.4 Å². The molecule has 0 bridgehead atoms. The minimum Gasteiger partial charge on any atom is -0.463 e. The Kier molecular flexibility index (Phi) is 9.29. The third-order valence-electron chi connectivity index (χ3n) is 4.69. The van der Waals surface area contributed by atoms with Crippen LogP contribution in [0.15, 0.2) is 36.5 Å². The van der Waals surface area contributed by atoms with Gasteiger partial charge in [0, 0.05) is 17.5 Å². The minimum atomic E-state index is -0.297. The first-order valence-electron chi connectivity index (χ1n) is 10.3. The van der Waals surface area contributed by atoms with E-state index in [1.165, 1.54) is 0 Å². The smallest absolute Gasteiger partial charge is 0.331 e. The molecule has 0 unspecified atom stereocenters. The molecule has 2 aromatic rings. The highest BCUT2D eigenvalue weighted by atomic mass is 35.5. The van der Waals surface area contributed by atoms with E-state index in [0.29, 0.717) is 13.2 Å². The lowest BCUT2D eigenvalue weighted by Gasteiger charge is -2.15. The summed E-state index contributed by atoms with van der Waals surface area (Å²) in [6, 6.07) is 7.88. The lowest BCUT2D eigenvalue weighted by atomic mass is 10.0. The Balaban J connectivity index is 2.45. The number of imidazole rings is 1. The maximum Gasteiger partial charge on any atom is 0.331 e. The first-order chi connectivity index (χ1) is 13.6. The first kappa shape index (κ1) is 22.2. The molecule has 152 valence electrons. The van der Waals surface area contributed by atoms with Crippen molar-refractivity contribution in [1.82, 2.24) is 9.55 Å². The molecule has 0 aliphatic carbocycles. The number of carbonyl (C=O) groups is 1. The highest BCUT2D eigenvalue weighted by Crippen LogP contribution is 2.26. The van der Waals surface area contributed by atoms with Crippen molar-refractivity contribution in [2.24, 2.45) is 0 Å². The second-order valence-electron chi connectivity index (χ2n) is 6.87. The van der Waals surface area contributed by atoms with E-state index in [1.807, 2.05) is 37.4 Å². The van der Waals surface area contributed by atoms with Crippen LogP contribution in [0.5, 0.6) is 0 Å². The van der Waals surface area contributed by atoms with Crippen molar-refractivity contribution in [2.45, 2.75) is 65.8 Å². The fraction of sp³-hybridized carbons (Fsp3) is 0.478. The standard InChI is InChI=1S/C23H31ClN2O2/c1-4-7-11-18(15-23(27)28-6-3)21-16-25-22(14-8-5-2)26(21)17-19-12-9-10-13-20(19)24/h9-10,12-13,15-16H,4-8,11,14,17H2,1-3H3. The number of aryl methyl sites for hydroxylation is 1. The van der Waals surface area contributed by atoms with Gasteiger partial charge in [-0.3, -0.25) is 0 Å². The summed E-state index contributed by atoms with van der Waals surface area (Å²) in [5.74, 6) is 0.734. The molecule has 0 aliphatic rings. The SMILES string of the molecule is CCCCC(=CC(=O)OCC)c1cnc(CCCC)n1Cc1ccccc1Cl. The number of aromatic nitrogens is 2. The number of ether oxygens (including phenoxy) is 1. The third kappa shape index (κ3) is 6.23. The summed E-state index contributed by atoms with van der Waals surface area (Å²) in [4.78, 5) is 16.8. The van der Waals surface area contributed by atoms with E-state index in [4.69, 9.17) is 16.3 Å². The zero-order valence-electron chi connectivity index (χ0n) is 17.2. The van der Waals surface area contributed by atoms with Crippen molar-refractivity contribution in [2.75, 3.05) is 6.61 Å². The van der Waals surface area contributed by atoms with Crippen molar-refractivity contribution in [3.8, 4) is 0 Å². The van der Waals surface area contributed by atoms with Crippen LogP contribution in [0, 0.1) is 0 Å². The van der Waals surface area contributed by atoms with Crippen LogP contribution in [0.2, 0.25) is 5.02 Å². The van der Waals surface area contributed by atoms with Crippen LogP contribution in [0.25, 0.3) is 5.57 Å². The van der Waals surface area contributed by atoms with Crippen molar-refractivity contribution in [1.29, 1.82) is 0 Å². The third-order valence-corrected chi connectivity index (χ3v) is 5.05. The van der Waals surface area contributed by atoms with Gasteiger partial charge in [0.15, 0.2) is 0 Å². The Morgan fingerprint density at radius 2 is 1.93 bits per heavy atom. The lowest BCUT2D eigenvalue weighted by molar-refractivity contribution is -0.137. The number of nitrogens with zero attached hydrogens (tertiary/aromatic N) is 2. The molecular weight excluding hydrogens is 372 g/mol. The monoisotopic (exact) mass is 402 g/mol. The summed E-state index contributed by atoms with van der Waals surface area (Å²) >= 11 is 6.42. The van der Waals surface area contributed by atoms with E-state index in [9.17, 15) is 4.79 Å². The van der Waals surface area contributed by atoms with E-state index in [1.54, 1.807) is 6.08 Å². The number of halogens is 1. The van der Waals surface area contributed by atoms with Gasteiger partial charge in [0.1, 0.15) is 5.82 Å². The topological polar surface area (TPSA) is 44.1 Å². The number of unbranched alkanes of at least 4 members (excludes halogenated alkanes) is 2. The van der Waals surface area contributed by atoms with E-state index in [2.05, 4.69) is 23.4 Å². The zero-order valence-corrected chi connectivity index (χ0v) is 18.0. The highest BCUT2D eigenvalue weighted by Gasteiger charge is 2.16. The zero-order chi connectivity index (χ0) is 20.4. The Labute approximate surface area is 173 Å².